The maximum absolute atomic E-state index is 9.57. The van der Waals surface area contributed by atoms with Gasteiger partial charge in [-0.3, -0.25) is 0 Å². The fraction of sp³-hybridized carbons (Fsp3) is 0.400. The summed E-state index contributed by atoms with van der Waals surface area (Å²) in [7, 11) is 0. The van der Waals surface area contributed by atoms with Gasteiger partial charge in [-0.2, -0.15) is 11.8 Å². The van der Waals surface area contributed by atoms with Gasteiger partial charge < -0.3 is 10.4 Å². The number of hydrogen-bond acceptors (Lipinski definition) is 3. The van der Waals surface area contributed by atoms with Crippen molar-refractivity contribution in [2.75, 3.05) is 11.5 Å². The lowest BCUT2D eigenvalue weighted by molar-refractivity contribution is 0.461. The maximum Gasteiger partial charge on any atom is 0.120 e. The first kappa shape index (κ1) is 10.3. The first-order valence-corrected chi connectivity index (χ1v) is 6.49. The molecule has 0 aromatic heterocycles. The molecule has 0 radical (unpaired) electrons. The Kier molecular flexibility index (Phi) is 3.36. The van der Waals surface area contributed by atoms with Crippen LogP contribution < -0.4 is 5.32 Å². The summed E-state index contributed by atoms with van der Waals surface area (Å²) in [6, 6.07) is 6.14. The van der Waals surface area contributed by atoms with Crippen molar-refractivity contribution in [2.24, 2.45) is 0 Å². The number of nitrogens with one attached hydrogen (secondary N) is 1. The van der Waals surface area contributed by atoms with Gasteiger partial charge in [-0.05, 0) is 18.2 Å². The second-order valence-corrected chi connectivity index (χ2v) is 5.38. The van der Waals surface area contributed by atoms with Crippen LogP contribution in [-0.4, -0.2) is 22.7 Å². The summed E-state index contributed by atoms with van der Waals surface area (Å²) in [6.07, 6.45) is 0. The first-order chi connectivity index (χ1) is 6.75. The predicted octanol–water partition coefficient (Wildman–Crippen LogP) is 2.36. The number of benzene rings is 1. The van der Waals surface area contributed by atoms with Gasteiger partial charge in [-0.25, -0.2) is 0 Å². The molecule has 0 bridgehead atoms. The van der Waals surface area contributed by atoms with E-state index in [1.54, 1.807) is 6.07 Å². The molecule has 2 nitrogen and oxygen atoms in total. The van der Waals surface area contributed by atoms with Gasteiger partial charge in [0.1, 0.15) is 5.75 Å². The summed E-state index contributed by atoms with van der Waals surface area (Å²) in [6.45, 7) is 0.747. The van der Waals surface area contributed by atoms with E-state index in [1.165, 1.54) is 11.5 Å². The Morgan fingerprint density at radius 2 is 2.29 bits per heavy atom. The molecule has 76 valence electrons. The molecule has 1 fully saturated rings. The minimum atomic E-state index is 0.368. The highest BCUT2D eigenvalue weighted by Crippen LogP contribution is 2.23. The minimum absolute atomic E-state index is 0.368. The lowest BCUT2D eigenvalue weighted by Crippen LogP contribution is -2.39. The van der Waals surface area contributed by atoms with Gasteiger partial charge >= 0.3 is 0 Å². The van der Waals surface area contributed by atoms with E-state index in [1.807, 2.05) is 23.9 Å². The van der Waals surface area contributed by atoms with Gasteiger partial charge in [0.05, 0.1) is 0 Å². The third-order valence-corrected chi connectivity index (χ3v) is 4.03. The highest BCUT2D eigenvalue weighted by atomic mass is 79.9. The number of phenols is 1. The fourth-order valence-electron chi connectivity index (χ4n) is 1.30. The zero-order valence-corrected chi connectivity index (χ0v) is 10.1. The summed E-state index contributed by atoms with van der Waals surface area (Å²) >= 11 is 5.34. The van der Waals surface area contributed by atoms with Gasteiger partial charge in [0.15, 0.2) is 0 Å². The second-order valence-electron chi connectivity index (χ2n) is 3.39. The van der Waals surface area contributed by atoms with Crippen molar-refractivity contribution >= 4 is 27.7 Å². The van der Waals surface area contributed by atoms with Gasteiger partial charge in [0, 0.05) is 34.1 Å². The number of thioether (sulfide) groups is 1. The molecule has 1 saturated heterocycles. The fourth-order valence-corrected chi connectivity index (χ4v) is 2.42. The van der Waals surface area contributed by atoms with Gasteiger partial charge in [-0.1, -0.05) is 15.9 Å². The molecule has 1 aliphatic rings. The predicted molar refractivity (Wildman–Crippen MR) is 63.8 cm³/mol. The third kappa shape index (κ3) is 2.43. The number of aromatic hydroxyl groups is 1. The Balaban J connectivity index is 1.96. The van der Waals surface area contributed by atoms with E-state index in [0.29, 0.717) is 11.8 Å². The van der Waals surface area contributed by atoms with Crippen LogP contribution in [0.2, 0.25) is 0 Å². The van der Waals surface area contributed by atoms with Crippen LogP contribution in [0.25, 0.3) is 0 Å². The molecular weight excluding hydrogens is 262 g/mol. The summed E-state index contributed by atoms with van der Waals surface area (Å²) in [5.74, 6) is 2.75. The third-order valence-electron chi connectivity index (χ3n) is 2.26. The van der Waals surface area contributed by atoms with Crippen LogP contribution in [0.5, 0.6) is 5.75 Å². The van der Waals surface area contributed by atoms with E-state index in [0.717, 1.165) is 16.6 Å². The molecule has 0 saturated carbocycles. The summed E-state index contributed by atoms with van der Waals surface area (Å²) in [4.78, 5) is 0. The molecule has 1 heterocycles. The number of hydrogen-bond donors (Lipinski definition) is 2. The number of rotatable bonds is 3. The van der Waals surface area contributed by atoms with Gasteiger partial charge in [0.25, 0.3) is 0 Å². The normalized spacial score (nSPS) is 16.6. The zero-order valence-electron chi connectivity index (χ0n) is 7.66. The van der Waals surface area contributed by atoms with Crippen LogP contribution in [0.4, 0.5) is 0 Å². The Bertz CT molecular complexity index is 328. The van der Waals surface area contributed by atoms with Gasteiger partial charge in [-0.15, -0.1) is 0 Å². The van der Waals surface area contributed by atoms with E-state index in [9.17, 15) is 5.11 Å². The van der Waals surface area contributed by atoms with Crippen LogP contribution >= 0.6 is 27.7 Å². The smallest absolute Gasteiger partial charge is 0.120 e. The molecule has 14 heavy (non-hydrogen) atoms. The second kappa shape index (κ2) is 4.55. The van der Waals surface area contributed by atoms with E-state index < -0.39 is 0 Å². The molecule has 0 amide bonds. The average Bonchev–Trinajstić information content (AvgIpc) is 2.08. The molecule has 4 heteroatoms. The van der Waals surface area contributed by atoms with Crippen molar-refractivity contribution < 1.29 is 5.11 Å². The quantitative estimate of drug-likeness (QED) is 0.887. The van der Waals surface area contributed by atoms with Crippen LogP contribution in [0.3, 0.4) is 0 Å². The summed E-state index contributed by atoms with van der Waals surface area (Å²) < 4.78 is 1.01. The number of halogens is 1. The molecule has 0 aliphatic carbocycles. The monoisotopic (exact) mass is 273 g/mol. The van der Waals surface area contributed by atoms with Crippen molar-refractivity contribution in [1.29, 1.82) is 0 Å². The summed E-state index contributed by atoms with van der Waals surface area (Å²) in [5, 5.41) is 13.0. The molecule has 0 atom stereocenters. The lowest BCUT2D eigenvalue weighted by atomic mass is 10.2. The van der Waals surface area contributed by atoms with E-state index >= 15 is 0 Å². The van der Waals surface area contributed by atoms with Crippen LogP contribution in [0.15, 0.2) is 22.7 Å². The molecule has 0 unspecified atom stereocenters. The van der Waals surface area contributed by atoms with Crippen LogP contribution in [-0.2, 0) is 6.54 Å². The Hall–Kier alpha value is -0.190. The minimum Gasteiger partial charge on any atom is -0.508 e. The molecule has 1 aromatic carbocycles. The van der Waals surface area contributed by atoms with Crippen LogP contribution in [0, 0.1) is 0 Å². The topological polar surface area (TPSA) is 32.3 Å². The van der Waals surface area contributed by atoms with E-state index in [-0.39, 0.29) is 0 Å². The molecule has 1 aliphatic heterocycles. The van der Waals surface area contributed by atoms with Crippen molar-refractivity contribution in [2.45, 2.75) is 12.6 Å². The zero-order chi connectivity index (χ0) is 9.97. The number of phenolic OH excluding ortho intramolecular Hbond substituents is 1. The largest absolute Gasteiger partial charge is 0.508 e. The van der Waals surface area contributed by atoms with Crippen molar-refractivity contribution in [3.8, 4) is 5.75 Å². The first-order valence-electron chi connectivity index (χ1n) is 4.54. The lowest BCUT2D eigenvalue weighted by Gasteiger charge is -2.26. The SMILES string of the molecule is Oc1ccc(Br)cc1CNC1CSC1. The van der Waals surface area contributed by atoms with Crippen molar-refractivity contribution in [3.63, 3.8) is 0 Å². The Labute approximate surface area is 96.2 Å². The highest BCUT2D eigenvalue weighted by molar-refractivity contribution is 9.10. The average molecular weight is 274 g/mol. The molecule has 1 aromatic rings. The molecule has 2 rings (SSSR count). The van der Waals surface area contributed by atoms with Crippen molar-refractivity contribution in [1.82, 2.24) is 5.32 Å². The Morgan fingerprint density at radius 3 is 2.93 bits per heavy atom. The van der Waals surface area contributed by atoms with Gasteiger partial charge in [0.2, 0.25) is 0 Å². The highest BCUT2D eigenvalue weighted by Gasteiger charge is 2.17. The Morgan fingerprint density at radius 1 is 1.50 bits per heavy atom. The molecular formula is C10H12BrNOS. The summed E-state index contributed by atoms with van der Waals surface area (Å²) in [5.41, 5.74) is 0.955. The van der Waals surface area contributed by atoms with E-state index in [2.05, 4.69) is 21.2 Å². The molecule has 0 spiro atoms. The molecule has 2 N–H and O–H groups in total. The van der Waals surface area contributed by atoms with Crippen molar-refractivity contribution in [3.05, 3.63) is 28.2 Å². The standard InChI is InChI=1S/C10H12BrNOS/c11-8-1-2-10(13)7(3-8)4-12-9-5-14-6-9/h1-3,9,12-13H,4-6H2. The van der Waals surface area contributed by atoms with E-state index in [4.69, 9.17) is 0 Å². The van der Waals surface area contributed by atoms with Crippen LogP contribution in [0.1, 0.15) is 5.56 Å². The maximum atomic E-state index is 9.57.